The number of nitrogens with zero attached hydrogens (tertiary/aromatic N) is 1. The van der Waals surface area contributed by atoms with E-state index in [0.29, 0.717) is 21.9 Å². The van der Waals surface area contributed by atoms with E-state index in [0.717, 1.165) is 10.3 Å². The van der Waals surface area contributed by atoms with E-state index in [4.69, 9.17) is 11.6 Å². The van der Waals surface area contributed by atoms with E-state index in [2.05, 4.69) is 20.3 Å². The van der Waals surface area contributed by atoms with E-state index in [-0.39, 0.29) is 10.0 Å². The molecule has 2 amide bonds. The van der Waals surface area contributed by atoms with Crippen molar-refractivity contribution in [2.24, 2.45) is 0 Å². The van der Waals surface area contributed by atoms with Gasteiger partial charge in [0, 0.05) is 5.69 Å². The zero-order valence-corrected chi connectivity index (χ0v) is 18.6. The lowest BCUT2D eigenvalue weighted by Gasteiger charge is -2.08. The van der Waals surface area contributed by atoms with E-state index in [1.807, 2.05) is 6.92 Å². The number of aryl methyl sites for hydroxylation is 1. The number of benzene rings is 3. The zero-order valence-electron chi connectivity index (χ0n) is 16.2. The second-order valence-electron chi connectivity index (χ2n) is 6.68. The van der Waals surface area contributed by atoms with Crippen LogP contribution in [-0.4, -0.2) is 19.4 Å². The van der Waals surface area contributed by atoms with E-state index in [9.17, 15) is 13.2 Å². The van der Waals surface area contributed by atoms with Crippen molar-refractivity contribution in [2.75, 3.05) is 15.4 Å². The molecule has 7 nitrogen and oxygen atoms in total. The second kappa shape index (κ2) is 8.54. The number of hydrogen-bond acceptors (Lipinski definition) is 5. The van der Waals surface area contributed by atoms with Gasteiger partial charge in [-0.15, -0.1) is 0 Å². The van der Waals surface area contributed by atoms with E-state index in [1.165, 1.54) is 11.3 Å². The molecule has 0 spiro atoms. The summed E-state index contributed by atoms with van der Waals surface area (Å²) in [5, 5.41) is 6.08. The molecule has 0 aliphatic rings. The summed E-state index contributed by atoms with van der Waals surface area (Å²) >= 11 is 7.23. The first-order valence-corrected chi connectivity index (χ1v) is 11.8. The molecule has 0 unspecified atom stereocenters. The van der Waals surface area contributed by atoms with Crippen LogP contribution in [0.25, 0.3) is 10.2 Å². The van der Waals surface area contributed by atoms with Gasteiger partial charge in [-0.1, -0.05) is 52.8 Å². The van der Waals surface area contributed by atoms with Gasteiger partial charge in [-0.25, -0.2) is 18.2 Å². The van der Waals surface area contributed by atoms with Crippen LogP contribution in [0.4, 0.5) is 21.3 Å². The summed E-state index contributed by atoms with van der Waals surface area (Å²) in [5.74, 6) is 0. The Morgan fingerprint density at radius 1 is 1.00 bits per heavy atom. The first kappa shape index (κ1) is 21.1. The van der Waals surface area contributed by atoms with Gasteiger partial charge in [-0.3, -0.25) is 4.72 Å². The summed E-state index contributed by atoms with van der Waals surface area (Å²) in [6, 6.07) is 18.2. The molecule has 0 radical (unpaired) electrons. The van der Waals surface area contributed by atoms with Gasteiger partial charge in [0.25, 0.3) is 10.0 Å². The molecule has 10 heteroatoms. The molecule has 3 N–H and O–H groups in total. The second-order valence-corrected chi connectivity index (χ2v) is 9.80. The Hall–Kier alpha value is -3.14. The van der Waals surface area contributed by atoms with Crippen LogP contribution < -0.4 is 15.4 Å². The number of hydrogen-bond donors (Lipinski definition) is 3. The van der Waals surface area contributed by atoms with Gasteiger partial charge in [0.05, 0.1) is 25.8 Å². The van der Waals surface area contributed by atoms with Gasteiger partial charge in [-0.2, -0.15) is 0 Å². The van der Waals surface area contributed by atoms with Crippen LogP contribution >= 0.6 is 22.9 Å². The molecule has 4 rings (SSSR count). The van der Waals surface area contributed by atoms with Crippen molar-refractivity contribution in [3.63, 3.8) is 0 Å². The van der Waals surface area contributed by atoms with Crippen molar-refractivity contribution >= 4 is 65.7 Å². The van der Waals surface area contributed by atoms with E-state index >= 15 is 0 Å². The summed E-state index contributed by atoms with van der Waals surface area (Å²) < 4.78 is 28.4. The number of urea groups is 1. The number of rotatable bonds is 5. The van der Waals surface area contributed by atoms with Crippen LogP contribution in [0.3, 0.4) is 0 Å². The van der Waals surface area contributed by atoms with Gasteiger partial charge in [-0.05, 0) is 49.4 Å². The predicted molar refractivity (Wildman–Crippen MR) is 126 cm³/mol. The molecular formula is C21H17ClN4O3S2. The smallest absolute Gasteiger partial charge is 0.308 e. The first-order valence-electron chi connectivity index (χ1n) is 9.13. The maximum Gasteiger partial charge on any atom is 0.323 e. The number of aromatic nitrogens is 1. The van der Waals surface area contributed by atoms with Gasteiger partial charge in [0.15, 0.2) is 5.13 Å². The molecule has 158 valence electrons. The number of para-hydroxylation sites is 1. The average Bonchev–Trinajstić information content (AvgIpc) is 3.10. The quantitative estimate of drug-likeness (QED) is 0.346. The molecule has 3 aromatic carbocycles. The van der Waals surface area contributed by atoms with Crippen molar-refractivity contribution in [2.45, 2.75) is 11.8 Å². The third-order valence-electron chi connectivity index (χ3n) is 4.32. The lowest BCUT2D eigenvalue weighted by atomic mass is 10.2. The summed E-state index contributed by atoms with van der Waals surface area (Å²) in [4.78, 5) is 16.7. The highest BCUT2D eigenvalue weighted by atomic mass is 35.5. The molecule has 1 aromatic heterocycles. The molecular weight excluding hydrogens is 456 g/mol. The number of thiazole rings is 1. The summed E-state index contributed by atoms with van der Waals surface area (Å²) in [6.07, 6.45) is 0. The normalized spacial score (nSPS) is 11.3. The third-order valence-corrected chi connectivity index (χ3v) is 7.07. The topological polar surface area (TPSA) is 100 Å². The number of carbonyl (C=O) groups excluding carboxylic acids is 1. The lowest BCUT2D eigenvalue weighted by Crippen LogP contribution is -2.19. The number of fused-ring (bicyclic) bond motifs is 1. The van der Waals surface area contributed by atoms with Crippen molar-refractivity contribution in [3.05, 3.63) is 77.3 Å². The Bertz CT molecular complexity index is 1370. The number of carbonyl (C=O) groups is 1. The first-order chi connectivity index (χ1) is 14.8. The molecule has 31 heavy (non-hydrogen) atoms. The van der Waals surface area contributed by atoms with Crippen LogP contribution in [0, 0.1) is 6.92 Å². The number of anilines is 3. The number of amides is 2. The number of halogens is 1. The minimum Gasteiger partial charge on any atom is -0.308 e. The largest absolute Gasteiger partial charge is 0.323 e. The number of nitrogens with one attached hydrogen (secondary N) is 3. The summed E-state index contributed by atoms with van der Waals surface area (Å²) in [5.41, 5.74) is 2.61. The van der Waals surface area contributed by atoms with Crippen molar-refractivity contribution in [1.29, 1.82) is 0 Å². The molecule has 0 saturated carbocycles. The highest BCUT2D eigenvalue weighted by Crippen LogP contribution is 2.30. The van der Waals surface area contributed by atoms with E-state index < -0.39 is 16.1 Å². The summed E-state index contributed by atoms with van der Waals surface area (Å²) in [6.45, 7) is 1.89. The van der Waals surface area contributed by atoms with E-state index in [1.54, 1.807) is 66.7 Å². The monoisotopic (exact) mass is 472 g/mol. The number of sulfonamides is 1. The molecule has 0 atom stereocenters. The van der Waals surface area contributed by atoms with Crippen LogP contribution in [0.15, 0.2) is 71.6 Å². The summed E-state index contributed by atoms with van der Waals surface area (Å²) in [7, 11) is -3.74. The van der Waals surface area contributed by atoms with Gasteiger partial charge in [0.2, 0.25) is 0 Å². The van der Waals surface area contributed by atoms with Gasteiger partial charge in [0.1, 0.15) is 0 Å². The molecule has 0 aliphatic carbocycles. The maximum absolute atomic E-state index is 12.6. The predicted octanol–water partition coefficient (Wildman–Crippen LogP) is 5.70. The Morgan fingerprint density at radius 2 is 1.74 bits per heavy atom. The fourth-order valence-corrected chi connectivity index (χ4v) is 5.11. The molecule has 0 aliphatic heterocycles. The Kier molecular flexibility index (Phi) is 5.81. The van der Waals surface area contributed by atoms with Crippen molar-refractivity contribution in [1.82, 2.24) is 4.98 Å². The highest BCUT2D eigenvalue weighted by Gasteiger charge is 2.17. The fraction of sp³-hybridized carbons (Fsp3) is 0.0476. The average molecular weight is 473 g/mol. The van der Waals surface area contributed by atoms with Gasteiger partial charge >= 0.3 is 6.03 Å². The van der Waals surface area contributed by atoms with Crippen molar-refractivity contribution in [3.8, 4) is 0 Å². The molecule has 0 bridgehead atoms. The molecule has 0 saturated heterocycles. The standard InChI is InChI=1S/C21H17ClN4O3S2/c1-13-6-9-15(10-7-13)31(28,29)26-21-25-18-11-8-14(12-19(18)30-21)23-20(27)24-17-5-3-2-4-16(17)22/h2-12H,1H3,(H,25,26)(H2,23,24,27). The minimum atomic E-state index is -3.74. The minimum absolute atomic E-state index is 0.163. The Balaban J connectivity index is 1.50. The SMILES string of the molecule is Cc1ccc(S(=O)(=O)Nc2nc3ccc(NC(=O)Nc4ccccc4Cl)cc3s2)cc1. The third kappa shape index (κ3) is 4.96. The Morgan fingerprint density at radius 3 is 2.48 bits per heavy atom. The van der Waals surface area contributed by atoms with Gasteiger partial charge < -0.3 is 10.6 Å². The molecule has 0 fully saturated rings. The van der Waals surface area contributed by atoms with Crippen LogP contribution in [0.5, 0.6) is 0 Å². The molecule has 1 heterocycles. The molecule has 4 aromatic rings. The highest BCUT2D eigenvalue weighted by molar-refractivity contribution is 7.93. The zero-order chi connectivity index (χ0) is 22.0. The van der Waals surface area contributed by atoms with Crippen LogP contribution in [0.2, 0.25) is 5.02 Å². The van der Waals surface area contributed by atoms with Crippen molar-refractivity contribution < 1.29 is 13.2 Å². The maximum atomic E-state index is 12.6. The lowest BCUT2D eigenvalue weighted by molar-refractivity contribution is 0.262. The van der Waals surface area contributed by atoms with Crippen LogP contribution in [-0.2, 0) is 10.0 Å². The Labute approximate surface area is 188 Å². The fourth-order valence-electron chi connectivity index (χ4n) is 2.78. The van der Waals surface area contributed by atoms with Crippen LogP contribution in [0.1, 0.15) is 5.56 Å².